The zero-order valence-electron chi connectivity index (χ0n) is 10.1. The summed E-state index contributed by atoms with van der Waals surface area (Å²) < 4.78 is 4.60. The smallest absolute Gasteiger partial charge is 0.305 e. The monoisotopic (exact) mass is 262 g/mol. The summed E-state index contributed by atoms with van der Waals surface area (Å²) in [6.07, 6.45) is 5.39. The van der Waals surface area contributed by atoms with Crippen LogP contribution in [-0.4, -0.2) is 23.0 Å². The van der Waals surface area contributed by atoms with E-state index < -0.39 is 0 Å². The first kappa shape index (κ1) is 12.7. The van der Waals surface area contributed by atoms with Crippen molar-refractivity contribution < 1.29 is 9.53 Å². The Labute approximate surface area is 110 Å². The number of hydrogen-bond acceptors (Lipinski definition) is 5. The van der Waals surface area contributed by atoms with Gasteiger partial charge in [-0.25, -0.2) is 4.98 Å². The summed E-state index contributed by atoms with van der Waals surface area (Å²) in [6, 6.07) is 3.96. The molecule has 0 spiro atoms. The fourth-order valence-corrected chi connectivity index (χ4v) is 2.41. The largest absolute Gasteiger partial charge is 0.469 e. The van der Waals surface area contributed by atoms with E-state index in [1.165, 1.54) is 12.7 Å². The predicted molar refractivity (Wildman–Crippen MR) is 69.5 cm³/mol. The number of ether oxygens (including phenoxy) is 1. The number of aromatic nitrogens is 2. The minimum Gasteiger partial charge on any atom is -0.469 e. The average Bonchev–Trinajstić information content (AvgIpc) is 2.85. The summed E-state index contributed by atoms with van der Waals surface area (Å²) in [6.45, 7) is 0. The molecule has 0 saturated heterocycles. The summed E-state index contributed by atoms with van der Waals surface area (Å²) in [4.78, 5) is 19.5. The molecule has 0 unspecified atom stereocenters. The highest BCUT2D eigenvalue weighted by molar-refractivity contribution is 7.09. The van der Waals surface area contributed by atoms with Crippen molar-refractivity contribution in [3.63, 3.8) is 0 Å². The number of thiazole rings is 1. The maximum absolute atomic E-state index is 11.0. The molecule has 0 atom stereocenters. The maximum atomic E-state index is 11.0. The average molecular weight is 262 g/mol. The summed E-state index contributed by atoms with van der Waals surface area (Å²) in [5, 5.41) is 3.06. The van der Waals surface area contributed by atoms with Crippen LogP contribution in [0.5, 0.6) is 0 Å². The first-order chi connectivity index (χ1) is 8.78. The molecule has 0 amide bonds. The highest BCUT2D eigenvalue weighted by Gasteiger charge is 2.06. The molecule has 5 heteroatoms. The van der Waals surface area contributed by atoms with Crippen molar-refractivity contribution in [1.29, 1.82) is 0 Å². The molecule has 0 fully saturated rings. The Balaban J connectivity index is 1.92. The summed E-state index contributed by atoms with van der Waals surface area (Å²) in [7, 11) is 1.40. The molecule has 18 heavy (non-hydrogen) atoms. The second kappa shape index (κ2) is 6.26. The SMILES string of the molecule is COC(=O)CCc1csc(Cc2ccncc2)n1. The second-order valence-electron chi connectivity index (χ2n) is 3.84. The molecule has 0 aliphatic rings. The van der Waals surface area contributed by atoms with Crippen molar-refractivity contribution >= 4 is 17.3 Å². The van der Waals surface area contributed by atoms with Crippen LogP contribution in [0.15, 0.2) is 29.9 Å². The van der Waals surface area contributed by atoms with E-state index in [0.717, 1.165) is 17.1 Å². The van der Waals surface area contributed by atoms with Gasteiger partial charge in [0.05, 0.1) is 24.2 Å². The molecular weight excluding hydrogens is 248 g/mol. The minimum absolute atomic E-state index is 0.196. The van der Waals surface area contributed by atoms with Gasteiger partial charge in [-0.2, -0.15) is 0 Å². The van der Waals surface area contributed by atoms with Crippen LogP contribution in [0.25, 0.3) is 0 Å². The highest BCUT2D eigenvalue weighted by atomic mass is 32.1. The van der Waals surface area contributed by atoms with E-state index in [-0.39, 0.29) is 5.97 Å². The van der Waals surface area contributed by atoms with Crippen LogP contribution in [0.2, 0.25) is 0 Å². The molecule has 2 aromatic heterocycles. The second-order valence-corrected chi connectivity index (χ2v) is 4.78. The van der Waals surface area contributed by atoms with Gasteiger partial charge in [0.2, 0.25) is 0 Å². The molecule has 0 bridgehead atoms. The number of esters is 1. The molecule has 0 aromatic carbocycles. The van der Waals surface area contributed by atoms with Crippen LogP contribution in [0.4, 0.5) is 0 Å². The number of methoxy groups -OCH3 is 1. The molecule has 2 rings (SSSR count). The van der Waals surface area contributed by atoms with Crippen LogP contribution < -0.4 is 0 Å². The van der Waals surface area contributed by atoms with Crippen molar-refractivity contribution in [1.82, 2.24) is 9.97 Å². The van der Waals surface area contributed by atoms with Crippen LogP contribution in [0.3, 0.4) is 0 Å². The number of nitrogens with zero attached hydrogens (tertiary/aromatic N) is 2. The molecular formula is C13H14N2O2S. The van der Waals surface area contributed by atoms with E-state index in [9.17, 15) is 4.79 Å². The van der Waals surface area contributed by atoms with Gasteiger partial charge in [-0.3, -0.25) is 9.78 Å². The Kier molecular flexibility index (Phi) is 4.41. The standard InChI is InChI=1S/C13H14N2O2S/c1-17-13(16)3-2-11-9-18-12(15-11)8-10-4-6-14-7-5-10/h4-7,9H,2-3,8H2,1H3. The Morgan fingerprint density at radius 2 is 2.17 bits per heavy atom. The van der Waals surface area contributed by atoms with Gasteiger partial charge in [-0.1, -0.05) is 0 Å². The molecule has 0 aliphatic heterocycles. The van der Waals surface area contributed by atoms with E-state index in [1.807, 2.05) is 17.5 Å². The van der Waals surface area contributed by atoms with Gasteiger partial charge in [0.1, 0.15) is 0 Å². The molecule has 94 valence electrons. The molecule has 0 radical (unpaired) electrons. The Morgan fingerprint density at radius 3 is 2.89 bits per heavy atom. The fraction of sp³-hybridized carbons (Fsp3) is 0.308. The number of pyridine rings is 1. The summed E-state index contributed by atoms with van der Waals surface area (Å²) in [5.41, 5.74) is 2.15. The minimum atomic E-state index is -0.196. The predicted octanol–water partition coefficient (Wildman–Crippen LogP) is 2.23. The lowest BCUT2D eigenvalue weighted by Crippen LogP contribution is -2.02. The number of carbonyl (C=O) groups excluding carboxylic acids is 1. The zero-order valence-corrected chi connectivity index (χ0v) is 10.9. The topological polar surface area (TPSA) is 52.1 Å². The molecule has 2 heterocycles. The number of aryl methyl sites for hydroxylation is 1. The van der Waals surface area contributed by atoms with Gasteiger partial charge in [-0.05, 0) is 17.7 Å². The highest BCUT2D eigenvalue weighted by Crippen LogP contribution is 2.15. The van der Waals surface area contributed by atoms with Gasteiger partial charge in [-0.15, -0.1) is 11.3 Å². The van der Waals surface area contributed by atoms with Crippen LogP contribution >= 0.6 is 11.3 Å². The molecule has 4 nitrogen and oxygen atoms in total. The lowest BCUT2D eigenvalue weighted by molar-refractivity contribution is -0.140. The van der Waals surface area contributed by atoms with E-state index in [1.54, 1.807) is 23.7 Å². The van der Waals surface area contributed by atoms with Crippen molar-refractivity contribution in [2.45, 2.75) is 19.3 Å². The van der Waals surface area contributed by atoms with Gasteiger partial charge in [0.25, 0.3) is 0 Å². The van der Waals surface area contributed by atoms with Crippen LogP contribution in [-0.2, 0) is 22.4 Å². The van der Waals surface area contributed by atoms with E-state index in [4.69, 9.17) is 0 Å². The number of hydrogen-bond donors (Lipinski definition) is 0. The van der Waals surface area contributed by atoms with Crippen LogP contribution in [0.1, 0.15) is 22.7 Å². The summed E-state index contributed by atoms with van der Waals surface area (Å²) in [5.74, 6) is -0.196. The number of rotatable bonds is 5. The first-order valence-electron chi connectivity index (χ1n) is 5.67. The van der Waals surface area contributed by atoms with Crippen molar-refractivity contribution in [3.8, 4) is 0 Å². The van der Waals surface area contributed by atoms with Crippen LogP contribution in [0, 0.1) is 0 Å². The normalized spacial score (nSPS) is 10.3. The first-order valence-corrected chi connectivity index (χ1v) is 6.55. The summed E-state index contributed by atoms with van der Waals surface area (Å²) >= 11 is 1.62. The molecule has 0 saturated carbocycles. The third kappa shape index (κ3) is 3.63. The Bertz CT molecular complexity index is 511. The zero-order chi connectivity index (χ0) is 12.8. The molecule has 2 aromatic rings. The number of carbonyl (C=O) groups is 1. The van der Waals surface area contributed by atoms with Gasteiger partial charge in [0, 0.05) is 30.6 Å². The lowest BCUT2D eigenvalue weighted by atomic mass is 10.2. The quantitative estimate of drug-likeness (QED) is 0.775. The molecule has 0 aliphatic carbocycles. The third-order valence-corrected chi connectivity index (χ3v) is 3.41. The third-order valence-electron chi connectivity index (χ3n) is 2.52. The van der Waals surface area contributed by atoms with Crippen molar-refractivity contribution in [3.05, 3.63) is 46.2 Å². The van der Waals surface area contributed by atoms with E-state index in [2.05, 4.69) is 14.7 Å². The lowest BCUT2D eigenvalue weighted by Gasteiger charge is -1.97. The fourth-order valence-electron chi connectivity index (χ4n) is 1.55. The van der Waals surface area contributed by atoms with Gasteiger partial charge in [0.15, 0.2) is 0 Å². The Hall–Kier alpha value is -1.75. The van der Waals surface area contributed by atoms with Gasteiger partial charge < -0.3 is 4.74 Å². The Morgan fingerprint density at radius 1 is 1.39 bits per heavy atom. The maximum Gasteiger partial charge on any atom is 0.305 e. The van der Waals surface area contributed by atoms with E-state index >= 15 is 0 Å². The molecule has 0 N–H and O–H groups in total. The van der Waals surface area contributed by atoms with Crippen molar-refractivity contribution in [2.24, 2.45) is 0 Å². The van der Waals surface area contributed by atoms with Crippen molar-refractivity contribution in [2.75, 3.05) is 7.11 Å². The van der Waals surface area contributed by atoms with Gasteiger partial charge >= 0.3 is 5.97 Å². The van der Waals surface area contributed by atoms with E-state index in [0.29, 0.717) is 12.8 Å².